The minimum absolute atomic E-state index is 0.0179. The van der Waals surface area contributed by atoms with Crippen LogP contribution in [-0.2, 0) is 54.9 Å². The van der Waals surface area contributed by atoms with Gasteiger partial charge in [-0.1, -0.05) is 110 Å². The van der Waals surface area contributed by atoms with Crippen molar-refractivity contribution in [3.05, 3.63) is 83.5 Å². The van der Waals surface area contributed by atoms with Crippen LogP contribution in [0.4, 0.5) is 16.0 Å². The van der Waals surface area contributed by atoms with Crippen LogP contribution < -0.4 is 11.5 Å². The van der Waals surface area contributed by atoms with Gasteiger partial charge < -0.3 is 50.8 Å². The largest absolute Gasteiger partial charge is 0.475 e. The highest BCUT2D eigenvalue weighted by molar-refractivity contribution is 7.48. The number of nitriles is 3. The summed E-state index contributed by atoms with van der Waals surface area (Å²) < 4.78 is 73.7. The SMILES string of the molecule is CCCCCCCCCCCCCCCCCCCOC[C@H](COP(=O)(OC[C@H]1O[C@@](C#N)(c2ccc3c(N)ncnn23)[C@H](O)[C@@H]1O)OC[C@H]1O[C@@](C#N)(c2ccc3c(N)ncnn23)[C@H](O)[C@@H]1O)OCc1cc(F)cc(C#N)c1. The summed E-state index contributed by atoms with van der Waals surface area (Å²) in [5, 5.41) is 84.3. The molecule has 0 spiro atoms. The van der Waals surface area contributed by atoms with Crippen molar-refractivity contribution < 1.29 is 61.9 Å². The van der Waals surface area contributed by atoms with E-state index in [1.807, 2.05) is 18.2 Å². The van der Waals surface area contributed by atoms with Gasteiger partial charge in [0.25, 0.3) is 0 Å². The third kappa shape index (κ3) is 15.0. The lowest BCUT2D eigenvalue weighted by Crippen LogP contribution is -2.41. The molecule has 9 atom stereocenters. The number of unbranched alkanes of at least 4 members (excludes halogenated alkanes) is 16. The molecule has 0 amide bonds. The first-order valence-corrected chi connectivity index (χ1v) is 28.7. The lowest BCUT2D eigenvalue weighted by molar-refractivity contribution is -0.0802. The van der Waals surface area contributed by atoms with E-state index in [4.69, 9.17) is 44.0 Å². The van der Waals surface area contributed by atoms with Crippen LogP contribution in [0.1, 0.15) is 139 Å². The van der Waals surface area contributed by atoms with E-state index >= 15 is 0 Å². The Balaban J connectivity index is 1.01. The number of nitrogens with two attached hydrogens (primary N) is 2. The molecule has 25 heteroatoms. The molecule has 23 nitrogen and oxygen atoms in total. The first-order chi connectivity index (χ1) is 38.2. The summed E-state index contributed by atoms with van der Waals surface area (Å²) in [4.78, 5) is 7.89. The number of rotatable bonds is 34. The molecule has 0 radical (unpaired) electrons. The summed E-state index contributed by atoms with van der Waals surface area (Å²) in [6.45, 7) is -0.0601. The van der Waals surface area contributed by atoms with E-state index in [1.54, 1.807) is 0 Å². The van der Waals surface area contributed by atoms with Gasteiger partial charge in [0.1, 0.15) is 84.4 Å². The predicted molar refractivity (Wildman–Crippen MR) is 283 cm³/mol. The summed E-state index contributed by atoms with van der Waals surface area (Å²) in [7, 11) is -5.01. The Morgan fingerprint density at radius 2 is 1.15 bits per heavy atom. The summed E-state index contributed by atoms with van der Waals surface area (Å²) >= 11 is 0. The number of phosphoric acid groups is 1. The van der Waals surface area contributed by atoms with Crippen LogP contribution in [0, 0.1) is 39.8 Å². The maximum atomic E-state index is 15.0. The minimum atomic E-state index is -5.01. The number of phosphoric ester groups is 1. The van der Waals surface area contributed by atoms with Crippen molar-refractivity contribution >= 4 is 30.5 Å². The highest BCUT2D eigenvalue weighted by Crippen LogP contribution is 2.52. The molecule has 79 heavy (non-hydrogen) atoms. The molecule has 2 aliphatic heterocycles. The highest BCUT2D eigenvalue weighted by atomic mass is 31.2. The summed E-state index contributed by atoms with van der Waals surface area (Å²) in [6, 6.07) is 15.3. The van der Waals surface area contributed by atoms with Crippen LogP contribution in [0.5, 0.6) is 0 Å². The lowest BCUT2D eigenvalue weighted by atomic mass is 9.92. The molecule has 1 aromatic carbocycles. The Hall–Kier alpha value is -5.75. The number of hydrogen-bond donors (Lipinski definition) is 6. The van der Waals surface area contributed by atoms with Crippen LogP contribution in [0.25, 0.3) is 11.0 Å². The van der Waals surface area contributed by atoms with Crippen molar-refractivity contribution in [1.29, 1.82) is 15.8 Å². The number of ether oxygens (including phenoxy) is 4. The Kier molecular flexibility index (Phi) is 22.4. The van der Waals surface area contributed by atoms with E-state index in [1.165, 1.54) is 129 Å². The average molecular weight is 1120 g/mol. The molecule has 0 unspecified atom stereocenters. The topological polar surface area (TPSA) is 346 Å². The molecular formula is C54H73FN11O12P. The van der Waals surface area contributed by atoms with Crippen molar-refractivity contribution in [3.8, 4) is 18.2 Å². The quantitative estimate of drug-likeness (QED) is 0.0183. The normalized spacial score (nSPS) is 23.5. The molecule has 2 fully saturated rings. The number of anilines is 2. The van der Waals surface area contributed by atoms with E-state index < -0.39 is 87.4 Å². The summed E-state index contributed by atoms with van der Waals surface area (Å²) in [6.07, 6.45) is 11.2. The fourth-order valence-electron chi connectivity index (χ4n) is 10.0. The molecular weight excluding hydrogens is 1040 g/mol. The van der Waals surface area contributed by atoms with Gasteiger partial charge in [0.05, 0.1) is 56.1 Å². The number of aromatic nitrogens is 6. The third-order valence-corrected chi connectivity index (χ3v) is 15.8. The number of aliphatic hydroxyl groups excluding tert-OH is 4. The number of benzene rings is 1. The first kappa shape index (κ1) is 60.9. The summed E-state index contributed by atoms with van der Waals surface area (Å²) in [5.74, 6) is -0.555. The zero-order valence-corrected chi connectivity index (χ0v) is 45.5. The van der Waals surface area contributed by atoms with E-state index in [9.17, 15) is 45.2 Å². The van der Waals surface area contributed by atoms with Gasteiger partial charge in [-0.2, -0.15) is 26.0 Å². The lowest BCUT2D eigenvalue weighted by Gasteiger charge is -2.26. The van der Waals surface area contributed by atoms with Gasteiger partial charge in [-0.25, -0.2) is 28.0 Å². The monoisotopic (exact) mass is 1120 g/mol. The van der Waals surface area contributed by atoms with E-state index in [2.05, 4.69) is 27.1 Å². The minimum Gasteiger partial charge on any atom is -0.387 e. The number of nitrogen functional groups attached to an aromatic ring is 2. The molecule has 0 saturated carbocycles. The van der Waals surface area contributed by atoms with Crippen LogP contribution in [-0.4, -0.2) is 125 Å². The van der Waals surface area contributed by atoms with Crippen LogP contribution in [0.15, 0.2) is 55.1 Å². The van der Waals surface area contributed by atoms with Gasteiger partial charge in [0.15, 0.2) is 11.6 Å². The fourth-order valence-corrected chi connectivity index (χ4v) is 11.2. The predicted octanol–water partition coefficient (Wildman–Crippen LogP) is 6.74. The number of aliphatic hydroxyl groups is 4. The Labute approximate surface area is 458 Å². The molecule has 428 valence electrons. The van der Waals surface area contributed by atoms with Crippen LogP contribution in [0.2, 0.25) is 0 Å². The number of halogens is 1. The zero-order valence-electron chi connectivity index (χ0n) is 44.6. The first-order valence-electron chi connectivity index (χ1n) is 27.2. The van der Waals surface area contributed by atoms with Crippen molar-refractivity contribution in [2.24, 2.45) is 0 Å². The standard InChI is InChI=1S/C54H73FN11O12P/c1-2-3-4-5-6-7-8-9-10-11-12-13-14-15-16-17-18-23-72-29-40(73-28-38-24-37(27-56)25-39(55)26-38)30-74-79(71,75-31-43-47(67)49(69)53(33-57,77-43)45-21-19-41-51(59)61-35-63-65(41)45)76-32-44-48(68)50(70)54(34-58,78-44)46-22-20-42-52(60)62-36-64-66(42)46/h19-22,24-26,35-36,40,43-44,47-50,67-70H,2-18,23,28-32H2,1H3,(H2,59,61,63)(H2,60,62,64)/t40-,43-,44-,47-,48-,49-,50-,53+,54+/m1/s1. The number of hydrogen-bond acceptors (Lipinski definition) is 21. The Morgan fingerprint density at radius 1 is 0.684 bits per heavy atom. The smallest absolute Gasteiger partial charge is 0.387 e. The highest BCUT2D eigenvalue weighted by Gasteiger charge is 2.59. The van der Waals surface area contributed by atoms with Crippen molar-refractivity contribution in [2.45, 2.75) is 177 Å². The Bertz CT molecular complexity index is 2800. The zero-order chi connectivity index (χ0) is 56.4. The molecule has 7 rings (SSSR count). The van der Waals surface area contributed by atoms with Gasteiger partial charge in [0.2, 0.25) is 11.2 Å². The number of nitrogens with zero attached hydrogens (tertiary/aromatic N) is 9. The Morgan fingerprint density at radius 3 is 1.61 bits per heavy atom. The second-order valence-corrected chi connectivity index (χ2v) is 21.8. The average Bonchev–Trinajstić information content (AvgIpc) is 4.30. The maximum absolute atomic E-state index is 15.0. The van der Waals surface area contributed by atoms with Gasteiger partial charge in [0, 0.05) is 6.61 Å². The van der Waals surface area contributed by atoms with Gasteiger partial charge in [-0.15, -0.1) is 0 Å². The fraction of sp³-hybridized carbons (Fsp3) is 0.611. The van der Waals surface area contributed by atoms with E-state index in [-0.39, 0.29) is 52.8 Å². The number of fused-ring (bicyclic) bond motifs is 2. The van der Waals surface area contributed by atoms with E-state index in [0.717, 1.165) is 44.4 Å². The molecule has 4 aromatic heterocycles. The third-order valence-electron chi connectivity index (χ3n) is 14.5. The summed E-state index contributed by atoms with van der Waals surface area (Å²) in [5.41, 5.74) is 8.37. The molecule has 8 N–H and O–H groups in total. The molecule has 6 heterocycles. The second-order valence-electron chi connectivity index (χ2n) is 20.2. The maximum Gasteiger partial charge on any atom is 0.475 e. The molecule has 0 aliphatic carbocycles. The van der Waals surface area contributed by atoms with Crippen molar-refractivity contribution in [2.75, 3.05) is 44.5 Å². The molecule has 5 aromatic rings. The van der Waals surface area contributed by atoms with E-state index in [0.29, 0.717) is 12.2 Å². The van der Waals surface area contributed by atoms with Crippen LogP contribution in [0.3, 0.4) is 0 Å². The molecule has 2 aliphatic rings. The van der Waals surface area contributed by atoms with Crippen LogP contribution >= 0.6 is 7.82 Å². The van der Waals surface area contributed by atoms with Crippen molar-refractivity contribution in [3.63, 3.8) is 0 Å². The molecule has 2 saturated heterocycles. The van der Waals surface area contributed by atoms with Gasteiger partial charge in [-0.05, 0) is 54.4 Å². The van der Waals surface area contributed by atoms with Gasteiger partial charge in [-0.3, -0.25) is 13.6 Å². The van der Waals surface area contributed by atoms with Gasteiger partial charge >= 0.3 is 7.82 Å². The second kappa shape index (κ2) is 29.1. The molecule has 0 bridgehead atoms. The van der Waals surface area contributed by atoms with Crippen molar-refractivity contribution in [1.82, 2.24) is 29.2 Å².